The monoisotopic (exact) mass is 262 g/mol. The van der Waals surface area contributed by atoms with Crippen LogP contribution in [0.5, 0.6) is 0 Å². The van der Waals surface area contributed by atoms with Crippen molar-refractivity contribution in [1.82, 2.24) is 4.98 Å². The normalized spacial score (nSPS) is 11.4. The smallest absolute Gasteiger partial charge is 0.182 e. The van der Waals surface area contributed by atoms with Crippen molar-refractivity contribution in [2.45, 2.75) is 17.6 Å². The van der Waals surface area contributed by atoms with Gasteiger partial charge in [-0.25, -0.2) is 8.42 Å². The van der Waals surface area contributed by atoms with Crippen LogP contribution < -0.4 is 5.73 Å². The zero-order chi connectivity index (χ0) is 13.2. The number of hydrogen-bond donors (Lipinski definition) is 1. The van der Waals surface area contributed by atoms with E-state index in [-0.39, 0.29) is 10.6 Å². The second kappa shape index (κ2) is 4.78. The van der Waals surface area contributed by atoms with Crippen LogP contribution >= 0.6 is 0 Å². The Balaban J connectivity index is 2.34. The molecule has 0 saturated heterocycles. The van der Waals surface area contributed by atoms with Crippen molar-refractivity contribution < 1.29 is 8.42 Å². The molecule has 4 nitrogen and oxygen atoms in total. The van der Waals surface area contributed by atoms with E-state index in [1.165, 1.54) is 6.07 Å². The lowest BCUT2D eigenvalue weighted by molar-refractivity contribution is 0.595. The van der Waals surface area contributed by atoms with E-state index in [4.69, 9.17) is 5.73 Å². The van der Waals surface area contributed by atoms with Gasteiger partial charge in [0, 0.05) is 18.1 Å². The van der Waals surface area contributed by atoms with Crippen molar-refractivity contribution in [1.29, 1.82) is 0 Å². The fourth-order valence-electron chi connectivity index (χ4n) is 1.63. The molecule has 94 valence electrons. The number of anilines is 1. The van der Waals surface area contributed by atoms with Gasteiger partial charge in [0.05, 0.1) is 10.6 Å². The lowest BCUT2D eigenvalue weighted by atomic mass is 10.2. The highest BCUT2D eigenvalue weighted by Crippen LogP contribution is 2.20. The van der Waals surface area contributed by atoms with E-state index in [0.717, 1.165) is 5.56 Å². The van der Waals surface area contributed by atoms with Crippen LogP contribution in [-0.2, 0) is 15.6 Å². The summed E-state index contributed by atoms with van der Waals surface area (Å²) in [7, 11) is -3.35. The van der Waals surface area contributed by atoms with Crippen molar-refractivity contribution in [3.05, 3.63) is 53.9 Å². The maximum atomic E-state index is 12.2. The van der Waals surface area contributed by atoms with E-state index < -0.39 is 9.84 Å². The average molecular weight is 262 g/mol. The van der Waals surface area contributed by atoms with Crippen molar-refractivity contribution >= 4 is 15.5 Å². The molecule has 2 aromatic rings. The molecule has 5 heteroatoms. The molecule has 0 saturated carbocycles. The van der Waals surface area contributed by atoms with E-state index in [2.05, 4.69) is 4.98 Å². The SMILES string of the molecule is Cc1cc(S(=O)(=O)Cc2cccnc2)ccc1N. The third-order valence-electron chi connectivity index (χ3n) is 2.68. The fraction of sp³-hybridized carbons (Fsp3) is 0.154. The zero-order valence-electron chi connectivity index (χ0n) is 10.00. The standard InChI is InChI=1S/C13H14N2O2S/c1-10-7-12(4-5-13(10)14)18(16,17)9-11-3-2-6-15-8-11/h2-8H,9,14H2,1H3. The minimum atomic E-state index is -3.35. The molecule has 0 aliphatic rings. The molecule has 0 radical (unpaired) electrons. The number of nitrogens with two attached hydrogens (primary N) is 1. The van der Waals surface area contributed by atoms with Crippen molar-refractivity contribution in [2.24, 2.45) is 0 Å². The number of nitrogens with zero attached hydrogens (tertiary/aromatic N) is 1. The lowest BCUT2D eigenvalue weighted by Crippen LogP contribution is -2.06. The summed E-state index contributed by atoms with van der Waals surface area (Å²) < 4.78 is 24.4. The Kier molecular flexibility index (Phi) is 3.34. The summed E-state index contributed by atoms with van der Waals surface area (Å²) in [5.41, 5.74) is 7.71. The van der Waals surface area contributed by atoms with Gasteiger partial charge in [0.15, 0.2) is 9.84 Å². The molecule has 18 heavy (non-hydrogen) atoms. The molecule has 0 atom stereocenters. The molecule has 2 rings (SSSR count). The molecule has 0 spiro atoms. The summed E-state index contributed by atoms with van der Waals surface area (Å²) >= 11 is 0. The number of nitrogen functional groups attached to an aromatic ring is 1. The average Bonchev–Trinajstić information content (AvgIpc) is 2.33. The van der Waals surface area contributed by atoms with E-state index in [1.54, 1.807) is 43.6 Å². The first-order valence-electron chi connectivity index (χ1n) is 5.47. The number of sulfone groups is 1. The van der Waals surface area contributed by atoms with Gasteiger partial charge in [-0.15, -0.1) is 0 Å². The maximum absolute atomic E-state index is 12.2. The molecule has 2 N–H and O–H groups in total. The number of benzene rings is 1. The van der Waals surface area contributed by atoms with Crippen LogP contribution in [-0.4, -0.2) is 13.4 Å². The van der Waals surface area contributed by atoms with Gasteiger partial charge in [0.2, 0.25) is 0 Å². The molecule has 0 aliphatic heterocycles. The number of pyridine rings is 1. The molecule has 1 aromatic carbocycles. The molecule has 0 bridgehead atoms. The van der Waals surface area contributed by atoms with Gasteiger partial charge in [-0.2, -0.15) is 0 Å². The van der Waals surface area contributed by atoms with Crippen LogP contribution in [0, 0.1) is 6.92 Å². The minimum absolute atomic E-state index is 0.0514. The zero-order valence-corrected chi connectivity index (χ0v) is 10.8. The van der Waals surface area contributed by atoms with Gasteiger partial charge in [-0.3, -0.25) is 4.98 Å². The van der Waals surface area contributed by atoms with Gasteiger partial charge in [-0.05, 0) is 42.3 Å². The van der Waals surface area contributed by atoms with Crippen LogP contribution in [0.25, 0.3) is 0 Å². The van der Waals surface area contributed by atoms with Crippen LogP contribution in [0.15, 0.2) is 47.6 Å². The van der Waals surface area contributed by atoms with E-state index in [9.17, 15) is 8.42 Å². The third kappa shape index (κ3) is 2.68. The van der Waals surface area contributed by atoms with Crippen molar-refractivity contribution in [3.63, 3.8) is 0 Å². The van der Waals surface area contributed by atoms with Gasteiger partial charge >= 0.3 is 0 Å². The quantitative estimate of drug-likeness (QED) is 0.858. The van der Waals surface area contributed by atoms with E-state index >= 15 is 0 Å². The Morgan fingerprint density at radius 2 is 2.06 bits per heavy atom. The van der Waals surface area contributed by atoms with Crippen LogP contribution in [0.4, 0.5) is 5.69 Å². The molecule has 1 aromatic heterocycles. The first-order valence-corrected chi connectivity index (χ1v) is 7.12. The molecule has 0 fully saturated rings. The van der Waals surface area contributed by atoms with Gasteiger partial charge in [-0.1, -0.05) is 6.07 Å². The minimum Gasteiger partial charge on any atom is -0.399 e. The summed E-state index contributed by atoms with van der Waals surface area (Å²) in [5.74, 6) is -0.0514. The molecular formula is C13H14N2O2S. The van der Waals surface area contributed by atoms with E-state index in [0.29, 0.717) is 11.3 Å². The Morgan fingerprint density at radius 1 is 1.28 bits per heavy atom. The Labute approximate surface area is 106 Å². The molecule has 1 heterocycles. The number of aromatic nitrogens is 1. The van der Waals surface area contributed by atoms with Crippen molar-refractivity contribution in [2.75, 3.05) is 5.73 Å². The highest BCUT2D eigenvalue weighted by molar-refractivity contribution is 7.90. The fourth-order valence-corrected chi connectivity index (χ4v) is 3.04. The second-order valence-corrected chi connectivity index (χ2v) is 6.13. The Hall–Kier alpha value is -1.88. The molecular weight excluding hydrogens is 248 g/mol. The van der Waals surface area contributed by atoms with Gasteiger partial charge < -0.3 is 5.73 Å². The summed E-state index contributed by atoms with van der Waals surface area (Å²) in [4.78, 5) is 4.20. The van der Waals surface area contributed by atoms with Gasteiger partial charge in [0.25, 0.3) is 0 Å². The third-order valence-corrected chi connectivity index (χ3v) is 4.37. The van der Waals surface area contributed by atoms with Crippen LogP contribution in [0.2, 0.25) is 0 Å². The largest absolute Gasteiger partial charge is 0.399 e. The molecule has 0 amide bonds. The van der Waals surface area contributed by atoms with Crippen LogP contribution in [0.1, 0.15) is 11.1 Å². The first-order chi connectivity index (χ1) is 8.49. The first kappa shape index (κ1) is 12.6. The van der Waals surface area contributed by atoms with Gasteiger partial charge in [0.1, 0.15) is 0 Å². The van der Waals surface area contributed by atoms with Crippen molar-refractivity contribution in [3.8, 4) is 0 Å². The predicted octanol–water partition coefficient (Wildman–Crippen LogP) is 1.95. The predicted molar refractivity (Wildman–Crippen MR) is 70.7 cm³/mol. The highest BCUT2D eigenvalue weighted by Gasteiger charge is 2.16. The second-order valence-electron chi connectivity index (χ2n) is 4.14. The molecule has 0 aliphatic carbocycles. The highest BCUT2D eigenvalue weighted by atomic mass is 32.2. The lowest BCUT2D eigenvalue weighted by Gasteiger charge is -2.06. The van der Waals surface area contributed by atoms with E-state index in [1.807, 2.05) is 0 Å². The Morgan fingerprint density at radius 3 is 2.67 bits per heavy atom. The number of aryl methyl sites for hydroxylation is 1. The maximum Gasteiger partial charge on any atom is 0.182 e. The number of rotatable bonds is 3. The summed E-state index contributed by atoms with van der Waals surface area (Å²) in [6.45, 7) is 1.79. The molecule has 0 unspecified atom stereocenters. The topological polar surface area (TPSA) is 73.0 Å². The van der Waals surface area contributed by atoms with Crippen LogP contribution in [0.3, 0.4) is 0 Å². The summed E-state index contributed by atoms with van der Waals surface area (Å²) in [6.07, 6.45) is 3.17. The summed E-state index contributed by atoms with van der Waals surface area (Å²) in [5, 5.41) is 0. The number of hydrogen-bond acceptors (Lipinski definition) is 4. The Bertz CT molecular complexity index is 652. The summed E-state index contributed by atoms with van der Waals surface area (Å²) in [6, 6.07) is 8.22.